The lowest BCUT2D eigenvalue weighted by Gasteiger charge is -2.09. The number of anilines is 2. The molecule has 0 radical (unpaired) electrons. The molecule has 1 N–H and O–H groups in total. The summed E-state index contributed by atoms with van der Waals surface area (Å²) in [5.41, 5.74) is 1.89. The number of rotatable bonds is 3. The summed E-state index contributed by atoms with van der Waals surface area (Å²) in [6, 6.07) is 9.49. The maximum atomic E-state index is 6.16. The van der Waals surface area contributed by atoms with Crippen molar-refractivity contribution in [1.82, 2.24) is 4.98 Å². The average molecular weight is 249 g/mol. The van der Waals surface area contributed by atoms with E-state index in [0.717, 1.165) is 17.0 Å². The molecule has 0 aliphatic heterocycles. The van der Waals surface area contributed by atoms with Gasteiger partial charge < -0.3 is 10.1 Å². The minimum absolute atomic E-state index is 0.635. The number of methoxy groups -OCH3 is 1. The van der Waals surface area contributed by atoms with Crippen LogP contribution in [-0.4, -0.2) is 12.1 Å². The molecule has 4 heteroatoms. The Morgan fingerprint density at radius 1 is 1.29 bits per heavy atom. The number of halogens is 1. The van der Waals surface area contributed by atoms with Gasteiger partial charge in [-0.3, -0.25) is 0 Å². The lowest BCUT2D eigenvalue weighted by atomic mass is 10.2. The number of hydrogen-bond donors (Lipinski definition) is 1. The number of aromatic nitrogens is 1. The Morgan fingerprint density at radius 3 is 2.88 bits per heavy atom. The fourth-order valence-corrected chi connectivity index (χ4v) is 1.62. The van der Waals surface area contributed by atoms with E-state index in [4.69, 9.17) is 16.3 Å². The second-order valence-electron chi connectivity index (χ2n) is 3.65. The van der Waals surface area contributed by atoms with Crippen LogP contribution in [0.25, 0.3) is 0 Å². The van der Waals surface area contributed by atoms with Crippen molar-refractivity contribution in [3.8, 4) is 5.75 Å². The van der Waals surface area contributed by atoms with Crippen LogP contribution in [0.1, 0.15) is 5.56 Å². The molecule has 17 heavy (non-hydrogen) atoms. The number of benzene rings is 1. The van der Waals surface area contributed by atoms with Crippen molar-refractivity contribution in [2.75, 3.05) is 12.4 Å². The van der Waals surface area contributed by atoms with Gasteiger partial charge in [0.05, 0.1) is 12.1 Å². The number of ether oxygens (including phenoxy) is 1. The van der Waals surface area contributed by atoms with E-state index in [9.17, 15) is 0 Å². The Morgan fingerprint density at radius 2 is 2.12 bits per heavy atom. The van der Waals surface area contributed by atoms with Crippen LogP contribution in [0.4, 0.5) is 11.5 Å². The molecule has 0 saturated carbocycles. The van der Waals surface area contributed by atoms with Crippen molar-refractivity contribution < 1.29 is 4.74 Å². The molecule has 2 aromatic rings. The van der Waals surface area contributed by atoms with Crippen LogP contribution < -0.4 is 10.1 Å². The van der Waals surface area contributed by atoms with Gasteiger partial charge in [-0.25, -0.2) is 4.98 Å². The summed E-state index contributed by atoms with van der Waals surface area (Å²) in [4.78, 5) is 4.21. The van der Waals surface area contributed by atoms with Gasteiger partial charge in [0.15, 0.2) is 0 Å². The smallest absolute Gasteiger partial charge is 0.149 e. The number of hydrogen-bond acceptors (Lipinski definition) is 3. The average Bonchev–Trinajstić information content (AvgIpc) is 2.35. The minimum Gasteiger partial charge on any atom is -0.497 e. The van der Waals surface area contributed by atoms with Crippen LogP contribution in [-0.2, 0) is 0 Å². The fraction of sp³-hybridized carbons (Fsp3) is 0.154. The van der Waals surface area contributed by atoms with Crippen molar-refractivity contribution in [3.63, 3.8) is 0 Å². The predicted octanol–water partition coefficient (Wildman–Crippen LogP) is 3.80. The first-order valence-electron chi connectivity index (χ1n) is 5.23. The SMILES string of the molecule is COc1cccc(Nc2nccc(C)c2Cl)c1. The van der Waals surface area contributed by atoms with Crippen LogP contribution in [0.5, 0.6) is 5.75 Å². The minimum atomic E-state index is 0.635. The van der Waals surface area contributed by atoms with E-state index < -0.39 is 0 Å². The molecular weight excluding hydrogens is 236 g/mol. The quantitative estimate of drug-likeness (QED) is 0.897. The van der Waals surface area contributed by atoms with Crippen molar-refractivity contribution >= 4 is 23.1 Å². The lowest BCUT2D eigenvalue weighted by Crippen LogP contribution is -1.95. The number of pyridine rings is 1. The first-order valence-corrected chi connectivity index (χ1v) is 5.60. The van der Waals surface area contributed by atoms with Gasteiger partial charge in [-0.2, -0.15) is 0 Å². The summed E-state index contributed by atoms with van der Waals surface area (Å²) in [7, 11) is 1.64. The van der Waals surface area contributed by atoms with Crippen LogP contribution in [0, 0.1) is 6.92 Å². The number of aryl methyl sites for hydroxylation is 1. The zero-order chi connectivity index (χ0) is 12.3. The standard InChI is InChI=1S/C13H13ClN2O/c1-9-6-7-15-13(12(9)14)16-10-4-3-5-11(8-10)17-2/h3-8H,1-2H3,(H,15,16). The highest BCUT2D eigenvalue weighted by Crippen LogP contribution is 2.27. The molecule has 3 nitrogen and oxygen atoms in total. The van der Waals surface area contributed by atoms with Crippen LogP contribution in [0.15, 0.2) is 36.5 Å². The van der Waals surface area contributed by atoms with E-state index in [0.29, 0.717) is 10.8 Å². The molecule has 88 valence electrons. The highest BCUT2D eigenvalue weighted by atomic mass is 35.5. The zero-order valence-corrected chi connectivity index (χ0v) is 10.5. The molecule has 0 atom stereocenters. The Balaban J connectivity index is 2.28. The Kier molecular flexibility index (Phi) is 3.49. The van der Waals surface area contributed by atoms with Crippen molar-refractivity contribution in [1.29, 1.82) is 0 Å². The van der Waals surface area contributed by atoms with E-state index in [-0.39, 0.29) is 0 Å². The summed E-state index contributed by atoms with van der Waals surface area (Å²) in [5, 5.41) is 3.80. The topological polar surface area (TPSA) is 34.1 Å². The Hall–Kier alpha value is -1.74. The van der Waals surface area contributed by atoms with E-state index in [1.165, 1.54) is 0 Å². The summed E-state index contributed by atoms with van der Waals surface area (Å²) >= 11 is 6.16. The molecular formula is C13H13ClN2O. The third-order valence-corrected chi connectivity index (χ3v) is 2.89. The lowest BCUT2D eigenvalue weighted by molar-refractivity contribution is 0.415. The van der Waals surface area contributed by atoms with Crippen molar-refractivity contribution in [2.45, 2.75) is 6.92 Å². The first kappa shape index (κ1) is 11.7. The van der Waals surface area contributed by atoms with Crippen LogP contribution >= 0.6 is 11.6 Å². The highest BCUT2D eigenvalue weighted by molar-refractivity contribution is 6.33. The summed E-state index contributed by atoms with van der Waals surface area (Å²) in [6.45, 7) is 1.95. The molecule has 0 amide bonds. The third-order valence-electron chi connectivity index (χ3n) is 2.41. The van der Waals surface area contributed by atoms with Crippen LogP contribution in [0.2, 0.25) is 5.02 Å². The zero-order valence-electron chi connectivity index (χ0n) is 9.70. The summed E-state index contributed by atoms with van der Waals surface area (Å²) < 4.78 is 5.15. The molecule has 0 spiro atoms. The van der Waals surface area contributed by atoms with E-state index >= 15 is 0 Å². The van der Waals surface area contributed by atoms with Crippen molar-refractivity contribution in [3.05, 3.63) is 47.1 Å². The molecule has 1 aromatic heterocycles. The van der Waals surface area contributed by atoms with Gasteiger partial charge in [0.25, 0.3) is 0 Å². The van der Waals surface area contributed by atoms with E-state index in [2.05, 4.69) is 10.3 Å². The first-order chi connectivity index (χ1) is 8.20. The molecule has 0 aliphatic rings. The third kappa shape index (κ3) is 2.68. The second-order valence-corrected chi connectivity index (χ2v) is 4.03. The maximum absolute atomic E-state index is 6.16. The molecule has 0 saturated heterocycles. The van der Waals surface area contributed by atoms with Gasteiger partial charge in [-0.15, -0.1) is 0 Å². The molecule has 0 unspecified atom stereocenters. The molecule has 2 rings (SSSR count). The summed E-state index contributed by atoms with van der Waals surface area (Å²) in [5.74, 6) is 1.44. The second kappa shape index (κ2) is 5.06. The van der Waals surface area contributed by atoms with Crippen molar-refractivity contribution in [2.24, 2.45) is 0 Å². The van der Waals surface area contributed by atoms with Crippen LogP contribution in [0.3, 0.4) is 0 Å². The molecule has 0 bridgehead atoms. The molecule has 1 heterocycles. The van der Waals surface area contributed by atoms with Gasteiger partial charge in [0.1, 0.15) is 11.6 Å². The van der Waals surface area contributed by atoms with Gasteiger partial charge >= 0.3 is 0 Å². The monoisotopic (exact) mass is 248 g/mol. The Bertz CT molecular complexity index is 529. The fourth-order valence-electron chi connectivity index (χ4n) is 1.46. The Labute approximate surface area is 105 Å². The van der Waals surface area contributed by atoms with Gasteiger partial charge in [-0.1, -0.05) is 17.7 Å². The normalized spacial score (nSPS) is 10.1. The predicted molar refractivity (Wildman–Crippen MR) is 70.3 cm³/mol. The van der Waals surface area contributed by atoms with Gasteiger partial charge in [0.2, 0.25) is 0 Å². The van der Waals surface area contributed by atoms with E-state index in [1.807, 2.05) is 37.3 Å². The molecule has 0 aliphatic carbocycles. The van der Waals surface area contributed by atoms with Gasteiger partial charge in [0, 0.05) is 18.0 Å². The molecule has 0 fully saturated rings. The summed E-state index contributed by atoms with van der Waals surface area (Å²) in [6.07, 6.45) is 1.73. The van der Waals surface area contributed by atoms with E-state index in [1.54, 1.807) is 13.3 Å². The molecule has 1 aromatic carbocycles. The maximum Gasteiger partial charge on any atom is 0.149 e. The highest BCUT2D eigenvalue weighted by Gasteiger charge is 2.04. The number of nitrogens with zero attached hydrogens (tertiary/aromatic N) is 1. The number of nitrogens with one attached hydrogen (secondary N) is 1. The largest absolute Gasteiger partial charge is 0.497 e. The van der Waals surface area contributed by atoms with Gasteiger partial charge in [-0.05, 0) is 30.7 Å².